The van der Waals surface area contributed by atoms with Crippen LogP contribution in [-0.2, 0) is 11.4 Å². The van der Waals surface area contributed by atoms with Crippen LogP contribution in [-0.4, -0.2) is 34.7 Å². The number of amides is 3. The van der Waals surface area contributed by atoms with Crippen LogP contribution in [0.3, 0.4) is 0 Å². The molecule has 2 aromatic carbocycles. The molecule has 3 aromatic rings. The Bertz CT molecular complexity index is 1210. The molecule has 2 N–H and O–H groups in total. The lowest BCUT2D eigenvalue weighted by Crippen LogP contribution is -2.53. The van der Waals surface area contributed by atoms with Crippen molar-refractivity contribution in [1.29, 1.82) is 0 Å². The Balaban J connectivity index is 1.21. The standard InChI is InChI=1S/C28H29N3O5/c32-26(29-30-27(33)25-16-15-22(36-25)18-35-21-12-5-2-6-13-21)24-17-20-11-7-8-14-23(20)31(24)28(34)19-9-3-1-4-10-19/h1-6,9-10,12-13,15-16,20,23-24H,7-8,11,14,17-18H2,(H,29,32)(H,30,33). The molecule has 5 rings (SSSR count). The number of hydrogen-bond donors (Lipinski definition) is 2. The highest BCUT2D eigenvalue weighted by atomic mass is 16.5. The predicted molar refractivity (Wildman–Crippen MR) is 132 cm³/mol. The largest absolute Gasteiger partial charge is 0.486 e. The van der Waals surface area contributed by atoms with Crippen LogP contribution in [0.1, 0.15) is 58.8 Å². The summed E-state index contributed by atoms with van der Waals surface area (Å²) in [6.07, 6.45) is 4.62. The maximum absolute atomic E-state index is 13.4. The van der Waals surface area contributed by atoms with Crippen molar-refractivity contribution >= 4 is 17.7 Å². The van der Waals surface area contributed by atoms with Crippen LogP contribution in [0.15, 0.2) is 77.2 Å². The van der Waals surface area contributed by atoms with Gasteiger partial charge in [0.05, 0.1) is 0 Å². The monoisotopic (exact) mass is 487 g/mol. The van der Waals surface area contributed by atoms with Gasteiger partial charge in [-0.25, -0.2) is 0 Å². The number of fused-ring (bicyclic) bond motifs is 1. The number of ether oxygens (including phenoxy) is 1. The summed E-state index contributed by atoms with van der Waals surface area (Å²) in [6.45, 7) is 0.172. The summed E-state index contributed by atoms with van der Waals surface area (Å²) in [6, 6.07) is 20.9. The molecular formula is C28H29N3O5. The van der Waals surface area contributed by atoms with E-state index in [0.29, 0.717) is 23.5 Å². The number of hydrogen-bond acceptors (Lipinski definition) is 5. The molecule has 8 heteroatoms. The van der Waals surface area contributed by atoms with Gasteiger partial charge in [0.2, 0.25) is 0 Å². The zero-order valence-electron chi connectivity index (χ0n) is 19.9. The maximum Gasteiger partial charge on any atom is 0.305 e. The number of carbonyl (C=O) groups excluding carboxylic acids is 3. The highest BCUT2D eigenvalue weighted by molar-refractivity contribution is 5.99. The van der Waals surface area contributed by atoms with Gasteiger partial charge in [-0.3, -0.25) is 25.2 Å². The number of hydrazine groups is 1. The number of carbonyl (C=O) groups is 3. The van der Waals surface area contributed by atoms with E-state index in [-0.39, 0.29) is 30.2 Å². The van der Waals surface area contributed by atoms with Gasteiger partial charge in [-0.15, -0.1) is 0 Å². The number of nitrogens with one attached hydrogen (secondary N) is 2. The molecular weight excluding hydrogens is 458 g/mol. The van der Waals surface area contributed by atoms with Crippen molar-refractivity contribution in [2.45, 2.75) is 50.8 Å². The zero-order chi connectivity index (χ0) is 24.9. The molecule has 1 aliphatic carbocycles. The van der Waals surface area contributed by atoms with Gasteiger partial charge in [-0.05, 0) is 61.6 Å². The maximum atomic E-state index is 13.4. The van der Waals surface area contributed by atoms with Gasteiger partial charge in [0, 0.05) is 11.6 Å². The summed E-state index contributed by atoms with van der Waals surface area (Å²) < 4.78 is 11.2. The van der Waals surface area contributed by atoms with E-state index < -0.39 is 17.9 Å². The second-order valence-corrected chi connectivity index (χ2v) is 9.25. The fourth-order valence-electron chi connectivity index (χ4n) is 5.23. The highest BCUT2D eigenvalue weighted by Gasteiger charge is 2.47. The summed E-state index contributed by atoms with van der Waals surface area (Å²) in [4.78, 5) is 40.9. The Morgan fingerprint density at radius 2 is 1.61 bits per heavy atom. The molecule has 3 atom stereocenters. The van der Waals surface area contributed by atoms with Crippen LogP contribution in [0, 0.1) is 5.92 Å². The first-order chi connectivity index (χ1) is 17.6. The van der Waals surface area contributed by atoms with Crippen molar-refractivity contribution in [3.63, 3.8) is 0 Å². The molecule has 2 fully saturated rings. The molecule has 0 radical (unpaired) electrons. The van der Waals surface area contributed by atoms with E-state index in [2.05, 4.69) is 10.9 Å². The molecule has 36 heavy (non-hydrogen) atoms. The molecule has 0 spiro atoms. The molecule has 1 aliphatic heterocycles. The number of para-hydroxylation sites is 1. The van der Waals surface area contributed by atoms with Crippen molar-refractivity contribution < 1.29 is 23.5 Å². The fraction of sp³-hybridized carbons (Fsp3) is 0.321. The van der Waals surface area contributed by atoms with Gasteiger partial charge >= 0.3 is 5.91 Å². The summed E-state index contributed by atoms with van der Waals surface area (Å²) >= 11 is 0. The minimum absolute atomic E-state index is 0.0372. The molecule has 2 heterocycles. The van der Waals surface area contributed by atoms with Gasteiger partial charge in [-0.2, -0.15) is 0 Å². The van der Waals surface area contributed by atoms with Crippen molar-refractivity contribution in [1.82, 2.24) is 15.8 Å². The van der Waals surface area contributed by atoms with Crippen molar-refractivity contribution in [3.05, 3.63) is 89.9 Å². The lowest BCUT2D eigenvalue weighted by atomic mass is 9.84. The van der Waals surface area contributed by atoms with E-state index in [4.69, 9.17) is 9.15 Å². The molecule has 8 nitrogen and oxygen atoms in total. The van der Waals surface area contributed by atoms with Crippen molar-refractivity contribution in [2.75, 3.05) is 0 Å². The summed E-state index contributed by atoms with van der Waals surface area (Å²) in [5.41, 5.74) is 5.51. The summed E-state index contributed by atoms with van der Waals surface area (Å²) in [7, 11) is 0. The number of rotatable bonds is 6. The molecule has 1 saturated heterocycles. The van der Waals surface area contributed by atoms with Crippen LogP contribution >= 0.6 is 0 Å². The molecule has 2 aliphatic rings. The third-order valence-electron chi connectivity index (χ3n) is 6.95. The molecule has 1 saturated carbocycles. The Kier molecular flexibility index (Phi) is 7.02. The van der Waals surface area contributed by atoms with Crippen LogP contribution in [0.4, 0.5) is 0 Å². The fourth-order valence-corrected chi connectivity index (χ4v) is 5.23. The lowest BCUT2D eigenvalue weighted by molar-refractivity contribution is -0.126. The molecule has 3 amide bonds. The number of nitrogens with zero attached hydrogens (tertiary/aromatic N) is 1. The van der Waals surface area contributed by atoms with Gasteiger partial charge in [0.15, 0.2) is 5.76 Å². The zero-order valence-corrected chi connectivity index (χ0v) is 19.9. The van der Waals surface area contributed by atoms with E-state index in [0.717, 1.165) is 25.7 Å². The van der Waals surface area contributed by atoms with Crippen LogP contribution in [0.5, 0.6) is 5.75 Å². The first-order valence-electron chi connectivity index (χ1n) is 12.3. The van der Waals surface area contributed by atoms with Crippen LogP contribution in [0.25, 0.3) is 0 Å². The topological polar surface area (TPSA) is 101 Å². The predicted octanol–water partition coefficient (Wildman–Crippen LogP) is 4.09. The van der Waals surface area contributed by atoms with Gasteiger partial charge in [0.1, 0.15) is 24.2 Å². The van der Waals surface area contributed by atoms with E-state index in [1.54, 1.807) is 23.1 Å². The summed E-state index contributed by atoms with van der Waals surface area (Å²) in [5.74, 6) is 0.389. The van der Waals surface area contributed by atoms with Crippen molar-refractivity contribution in [2.24, 2.45) is 5.92 Å². The third-order valence-corrected chi connectivity index (χ3v) is 6.95. The molecule has 3 unspecified atom stereocenters. The highest BCUT2D eigenvalue weighted by Crippen LogP contribution is 2.40. The van der Waals surface area contributed by atoms with E-state index in [9.17, 15) is 14.4 Å². The van der Waals surface area contributed by atoms with Crippen LogP contribution in [0.2, 0.25) is 0 Å². The Labute approximate surface area is 209 Å². The number of furan rings is 1. The molecule has 1 aromatic heterocycles. The van der Waals surface area contributed by atoms with Gasteiger partial charge in [0.25, 0.3) is 11.8 Å². The van der Waals surface area contributed by atoms with Crippen molar-refractivity contribution in [3.8, 4) is 5.75 Å². The molecule has 0 bridgehead atoms. The molecule has 186 valence electrons. The second kappa shape index (κ2) is 10.7. The minimum atomic E-state index is -0.641. The first kappa shape index (κ1) is 23.7. The average molecular weight is 488 g/mol. The third kappa shape index (κ3) is 5.12. The van der Waals surface area contributed by atoms with E-state index >= 15 is 0 Å². The number of benzene rings is 2. The van der Waals surface area contributed by atoms with E-state index in [1.165, 1.54) is 6.07 Å². The SMILES string of the molecule is O=C(NNC(=O)C1CC2CCCCC2N1C(=O)c1ccccc1)c1ccc(COc2ccccc2)o1. The van der Waals surface area contributed by atoms with E-state index in [1.807, 2.05) is 48.5 Å². The van der Waals surface area contributed by atoms with Gasteiger partial charge in [-0.1, -0.05) is 49.2 Å². The second-order valence-electron chi connectivity index (χ2n) is 9.25. The normalized spacial score (nSPS) is 20.9. The Morgan fingerprint density at radius 3 is 2.39 bits per heavy atom. The quantitative estimate of drug-likeness (QED) is 0.510. The lowest BCUT2D eigenvalue weighted by Gasteiger charge is -2.33. The summed E-state index contributed by atoms with van der Waals surface area (Å²) in [5, 5.41) is 0. The Hall–Kier alpha value is -4.07. The van der Waals surface area contributed by atoms with Crippen LogP contribution < -0.4 is 15.6 Å². The smallest absolute Gasteiger partial charge is 0.305 e. The average Bonchev–Trinajstić information content (AvgIpc) is 3.56. The Morgan fingerprint density at radius 1 is 0.889 bits per heavy atom. The number of likely N-dealkylation sites (tertiary alicyclic amines) is 1. The minimum Gasteiger partial charge on any atom is -0.486 e. The van der Waals surface area contributed by atoms with Gasteiger partial charge < -0.3 is 14.1 Å². The first-order valence-corrected chi connectivity index (χ1v) is 12.3.